The van der Waals surface area contributed by atoms with Gasteiger partial charge in [0.15, 0.2) is 13.0 Å². The molecule has 0 aliphatic heterocycles. The van der Waals surface area contributed by atoms with Crippen LogP contribution >= 0.6 is 0 Å². The Kier molecular flexibility index (Phi) is 11.6. The first-order chi connectivity index (χ1) is 5.71. The Balaban J connectivity index is -0.000000209. The van der Waals surface area contributed by atoms with Gasteiger partial charge in [0.2, 0.25) is 6.22 Å². The first-order valence-electron chi connectivity index (χ1n) is 2.82. The molecule has 0 saturated heterocycles. The molecule has 0 radical (unpaired) electrons. The zero-order valence-electron chi connectivity index (χ0n) is 7.40. The summed E-state index contributed by atoms with van der Waals surface area (Å²) in [4.78, 5) is 8.22. The second-order valence-electron chi connectivity index (χ2n) is 1.70. The van der Waals surface area contributed by atoms with Crippen LogP contribution in [0, 0.1) is 0 Å². The maximum atomic E-state index is 11.3. The van der Waals surface area contributed by atoms with Crippen LogP contribution in [-0.4, -0.2) is 25.4 Å². The number of hydrogen-bond donors (Lipinski definition) is 1. The number of carbonyl (C=O) groups excluding carboxylic acids is 1. The number of carboxylic acid groups (broad SMARTS) is 1. The van der Waals surface area contributed by atoms with E-state index in [0.29, 0.717) is 0 Å². The van der Waals surface area contributed by atoms with E-state index in [4.69, 9.17) is 9.90 Å². The Morgan fingerprint density at radius 1 is 1.50 bits per heavy atom. The van der Waals surface area contributed by atoms with Gasteiger partial charge in [0.1, 0.15) is 0 Å². The lowest BCUT2D eigenvalue weighted by molar-refractivity contribution is -0.264. The Bertz CT molecular complexity index is 147. The Morgan fingerprint density at radius 3 is 1.86 bits per heavy atom. The van der Waals surface area contributed by atoms with Crippen LogP contribution in [0.25, 0.3) is 0 Å². The fourth-order valence-corrected chi connectivity index (χ4v) is 0.189. The summed E-state index contributed by atoms with van der Waals surface area (Å²) in [5.41, 5.74) is 0. The minimum atomic E-state index is -4.45. The maximum Gasteiger partial charge on any atom is 0.414 e. The third-order valence-electron chi connectivity index (χ3n) is 0.774. The molecule has 0 aromatic rings. The molecule has 0 saturated carbocycles. The van der Waals surface area contributed by atoms with Crippen molar-refractivity contribution < 1.29 is 36.6 Å². The van der Waals surface area contributed by atoms with Gasteiger partial charge < -0.3 is 20.8 Å². The van der Waals surface area contributed by atoms with Gasteiger partial charge in [0, 0.05) is 0 Å². The van der Waals surface area contributed by atoms with Crippen molar-refractivity contribution in [2.45, 2.75) is 19.2 Å². The average Bonchev–Trinajstić information content (AvgIpc) is 1.84. The number of halogens is 5. The van der Waals surface area contributed by atoms with Crippen LogP contribution in [0.4, 0.5) is 26.7 Å². The summed E-state index contributed by atoms with van der Waals surface area (Å²) in [6, 6.07) is 0. The van der Waals surface area contributed by atoms with Gasteiger partial charge in [0.05, 0.1) is 0 Å². The highest BCUT2D eigenvalue weighted by Gasteiger charge is 2.36. The van der Waals surface area contributed by atoms with E-state index in [2.05, 4.69) is 4.74 Å². The molecule has 1 atom stereocenters. The van der Waals surface area contributed by atoms with E-state index in [9.17, 15) is 22.0 Å². The summed E-state index contributed by atoms with van der Waals surface area (Å²) >= 11 is 0. The Labute approximate surface area is 76.2 Å². The van der Waals surface area contributed by atoms with Crippen molar-refractivity contribution in [2.24, 2.45) is 0 Å². The van der Waals surface area contributed by atoms with E-state index in [1.807, 2.05) is 0 Å². The zero-order valence-corrected chi connectivity index (χ0v) is 7.40. The van der Waals surface area contributed by atoms with E-state index < -0.39 is 25.4 Å². The number of ether oxygens (including phenoxy) is 1. The monoisotopic (exact) mass is 227 g/mol. The fraction of sp³-hybridized carbons (Fsp3) is 0.800. The predicted octanol–water partition coefficient (Wildman–Crippen LogP) is 1.56. The van der Waals surface area contributed by atoms with Crippen molar-refractivity contribution in [2.75, 3.05) is 6.86 Å². The predicted molar refractivity (Wildman–Crippen MR) is 35.1 cm³/mol. The van der Waals surface area contributed by atoms with E-state index in [1.54, 1.807) is 0 Å². The van der Waals surface area contributed by atoms with Gasteiger partial charge in [-0.2, -0.15) is 17.6 Å². The van der Waals surface area contributed by atoms with Gasteiger partial charge in [-0.05, 0) is 6.92 Å². The van der Waals surface area contributed by atoms with Crippen LogP contribution in [0.5, 0.6) is 0 Å². The summed E-state index contributed by atoms with van der Waals surface area (Å²) in [6.45, 7) is -0.653. The third kappa shape index (κ3) is 17.2. The zero-order chi connectivity index (χ0) is 11.1. The molecule has 0 fully saturated rings. The summed E-state index contributed by atoms with van der Waals surface area (Å²) in [7, 11) is 0. The molecule has 0 rings (SSSR count). The Morgan fingerprint density at radius 2 is 1.79 bits per heavy atom. The van der Waals surface area contributed by atoms with Crippen LogP contribution in [0.1, 0.15) is 6.92 Å². The number of alkyl halides is 4. The van der Waals surface area contributed by atoms with Gasteiger partial charge in [-0.1, -0.05) is 0 Å². The molecule has 4 N–H and O–H groups in total. The molecule has 0 aromatic heterocycles. The second kappa shape index (κ2) is 8.63. The average molecular weight is 227 g/mol. The summed E-state index contributed by atoms with van der Waals surface area (Å²) < 4.78 is 58.5. The molecule has 0 aromatic carbocycles. The van der Waals surface area contributed by atoms with Crippen molar-refractivity contribution in [1.29, 1.82) is 0 Å². The van der Waals surface area contributed by atoms with Gasteiger partial charge in [-0.25, -0.2) is 4.39 Å². The highest BCUT2D eigenvalue weighted by molar-refractivity contribution is 5.51. The van der Waals surface area contributed by atoms with Crippen molar-refractivity contribution in [3.63, 3.8) is 0 Å². The standard InChI is InChI=1S/C4H6F4O.CHFO2.H3N/c1-3(9-2-5)4(6,7)8;2-1(3)4;/h3H,2H2,1H3;(H,3,4);1H3. The number of carbonyl (C=O) groups is 1. The van der Waals surface area contributed by atoms with Gasteiger partial charge >= 0.3 is 6.18 Å². The van der Waals surface area contributed by atoms with Crippen molar-refractivity contribution in [3.8, 4) is 0 Å². The molecule has 14 heavy (non-hydrogen) atoms. The van der Waals surface area contributed by atoms with E-state index in [1.165, 1.54) is 0 Å². The van der Waals surface area contributed by atoms with Crippen LogP contribution in [0.2, 0.25) is 0 Å². The fourth-order valence-electron chi connectivity index (χ4n) is 0.189. The topological polar surface area (TPSA) is 85.9 Å². The molecule has 4 nitrogen and oxygen atoms in total. The molecule has 0 bridgehead atoms. The van der Waals surface area contributed by atoms with Gasteiger partial charge in [-0.3, -0.25) is 0 Å². The molecule has 1 unspecified atom stereocenters. The first kappa shape index (κ1) is 18.8. The van der Waals surface area contributed by atoms with Crippen molar-refractivity contribution in [1.82, 2.24) is 6.15 Å². The lowest BCUT2D eigenvalue weighted by Gasteiger charge is -2.13. The van der Waals surface area contributed by atoms with Crippen molar-refractivity contribution >= 4 is 6.22 Å². The SMILES string of the molecule is CC(OCF)C(F)(F)F.O=C([O-])F.[NH4+]. The molecule has 88 valence electrons. The highest BCUT2D eigenvalue weighted by atomic mass is 19.4. The number of rotatable bonds is 2. The first-order valence-corrected chi connectivity index (χ1v) is 2.82. The largest absolute Gasteiger partial charge is 0.520 e. The van der Waals surface area contributed by atoms with E-state index >= 15 is 0 Å². The highest BCUT2D eigenvalue weighted by Crippen LogP contribution is 2.21. The minimum Gasteiger partial charge on any atom is -0.520 e. The van der Waals surface area contributed by atoms with Crippen LogP contribution in [0.3, 0.4) is 0 Å². The van der Waals surface area contributed by atoms with Crippen molar-refractivity contribution in [3.05, 3.63) is 0 Å². The maximum absolute atomic E-state index is 11.3. The molecule has 0 amide bonds. The number of hydrogen-bond acceptors (Lipinski definition) is 3. The molecular formula is C5H10F5NO3. The summed E-state index contributed by atoms with van der Waals surface area (Å²) in [5, 5.41) is 8.22. The second-order valence-corrected chi connectivity index (χ2v) is 1.70. The lowest BCUT2D eigenvalue weighted by Crippen LogP contribution is -2.28. The summed E-state index contributed by atoms with van der Waals surface area (Å²) in [5.74, 6) is 0. The molecule has 0 aliphatic carbocycles. The van der Waals surface area contributed by atoms with E-state index in [0.717, 1.165) is 6.92 Å². The molecule has 0 heterocycles. The normalized spacial score (nSPS) is 11.9. The molecule has 0 spiro atoms. The Hall–Kier alpha value is -0.960. The van der Waals surface area contributed by atoms with Gasteiger partial charge in [0.25, 0.3) is 0 Å². The molecule has 9 heteroatoms. The smallest absolute Gasteiger partial charge is 0.414 e. The minimum absolute atomic E-state index is 0. The molecule has 0 aliphatic rings. The van der Waals surface area contributed by atoms with Crippen LogP contribution in [-0.2, 0) is 4.74 Å². The van der Waals surface area contributed by atoms with Crippen LogP contribution < -0.4 is 11.3 Å². The number of quaternary nitrogens is 1. The summed E-state index contributed by atoms with van der Waals surface area (Å²) in [6.07, 6.45) is -9.05. The van der Waals surface area contributed by atoms with E-state index in [-0.39, 0.29) is 6.15 Å². The van der Waals surface area contributed by atoms with Gasteiger partial charge in [-0.15, -0.1) is 0 Å². The quantitative estimate of drug-likeness (QED) is 0.573. The lowest BCUT2D eigenvalue weighted by atomic mass is 10.4. The van der Waals surface area contributed by atoms with Crippen LogP contribution in [0.15, 0.2) is 0 Å². The third-order valence-corrected chi connectivity index (χ3v) is 0.774. The molecular weight excluding hydrogens is 217 g/mol.